The molecule has 130 valence electrons. The molecule has 4 N–H and O–H groups in total. The molecule has 1 aromatic carbocycles. The monoisotopic (exact) mass is 375 g/mol. The Bertz CT molecular complexity index is 890. The zero-order valence-corrected chi connectivity index (χ0v) is 15.2. The van der Waals surface area contributed by atoms with E-state index in [1.54, 1.807) is 11.7 Å². The van der Waals surface area contributed by atoms with Gasteiger partial charge in [-0.3, -0.25) is 4.79 Å². The van der Waals surface area contributed by atoms with Gasteiger partial charge in [0, 0.05) is 13.0 Å². The number of carbonyl (C=O) groups is 1. The highest BCUT2D eigenvalue weighted by Crippen LogP contribution is 2.43. The fourth-order valence-corrected chi connectivity index (χ4v) is 4.30. The normalized spacial score (nSPS) is 12.3. The van der Waals surface area contributed by atoms with Crippen molar-refractivity contribution in [2.75, 3.05) is 6.54 Å². The molecule has 0 saturated heterocycles. The van der Waals surface area contributed by atoms with Crippen LogP contribution in [0.1, 0.15) is 26.7 Å². The van der Waals surface area contributed by atoms with Gasteiger partial charge in [0.2, 0.25) is 0 Å². The number of thiophene rings is 1. The summed E-state index contributed by atoms with van der Waals surface area (Å²) in [5.41, 5.74) is 14.2. The van der Waals surface area contributed by atoms with Gasteiger partial charge >= 0.3 is 0 Å². The molecular weight excluding hydrogens is 358 g/mol. The fraction of sp³-hybridized carbons (Fsp3) is 0.235. The number of hydrogen-bond donors (Lipinski definition) is 2. The molecule has 0 fully saturated rings. The number of aromatic nitrogens is 3. The van der Waals surface area contributed by atoms with E-state index >= 15 is 0 Å². The number of amides is 1. The highest BCUT2D eigenvalue weighted by atomic mass is 35.5. The fourth-order valence-electron chi connectivity index (χ4n) is 2.92. The van der Waals surface area contributed by atoms with Crippen molar-refractivity contribution in [3.05, 3.63) is 57.0 Å². The molecule has 6 nitrogen and oxygen atoms in total. The van der Waals surface area contributed by atoms with Crippen LogP contribution in [-0.2, 0) is 13.5 Å². The van der Waals surface area contributed by atoms with Crippen LogP contribution in [0.15, 0.2) is 36.7 Å². The number of benzene rings is 1. The van der Waals surface area contributed by atoms with Gasteiger partial charge in [0.25, 0.3) is 5.91 Å². The summed E-state index contributed by atoms with van der Waals surface area (Å²) in [6.07, 6.45) is 2.13. The van der Waals surface area contributed by atoms with E-state index in [2.05, 4.69) is 10.1 Å². The standard InChI is InChI=1S/C17H18ClN5OS/c1-23-17(21-9-22-23)13-12(14(16(20)24)25-15(13)18)11(8-19)7-10-5-3-2-4-6-10/h2-6,9,11H,7-8,19H2,1H3,(H2,20,24)/t11-/m1/s1. The molecule has 1 amide bonds. The van der Waals surface area contributed by atoms with Crippen molar-refractivity contribution in [2.45, 2.75) is 12.3 Å². The molecule has 2 heterocycles. The molecule has 0 saturated carbocycles. The Balaban J connectivity index is 2.15. The first kappa shape index (κ1) is 17.6. The average Bonchev–Trinajstić information content (AvgIpc) is 3.16. The summed E-state index contributed by atoms with van der Waals surface area (Å²) in [5.74, 6) is -0.0301. The molecule has 0 aliphatic rings. The molecule has 0 unspecified atom stereocenters. The minimum atomic E-state index is -0.512. The van der Waals surface area contributed by atoms with E-state index in [1.165, 1.54) is 6.33 Å². The third-order valence-electron chi connectivity index (χ3n) is 4.08. The van der Waals surface area contributed by atoms with E-state index in [0.29, 0.717) is 33.6 Å². The van der Waals surface area contributed by atoms with Gasteiger partial charge in [-0.25, -0.2) is 9.67 Å². The summed E-state index contributed by atoms with van der Waals surface area (Å²) in [6, 6.07) is 9.97. The lowest BCUT2D eigenvalue weighted by Crippen LogP contribution is -2.20. The molecule has 0 bridgehead atoms. The number of rotatable bonds is 6. The highest BCUT2D eigenvalue weighted by molar-refractivity contribution is 7.18. The number of aryl methyl sites for hydroxylation is 1. The van der Waals surface area contributed by atoms with Crippen molar-refractivity contribution >= 4 is 28.8 Å². The van der Waals surface area contributed by atoms with Gasteiger partial charge in [-0.15, -0.1) is 11.3 Å². The molecule has 3 rings (SSSR count). The zero-order chi connectivity index (χ0) is 18.0. The van der Waals surface area contributed by atoms with Gasteiger partial charge in [-0.2, -0.15) is 5.10 Å². The van der Waals surface area contributed by atoms with Gasteiger partial charge in [0.15, 0.2) is 5.82 Å². The van der Waals surface area contributed by atoms with Crippen molar-refractivity contribution in [3.8, 4) is 11.4 Å². The van der Waals surface area contributed by atoms with Gasteiger partial charge < -0.3 is 11.5 Å². The number of carbonyl (C=O) groups excluding carboxylic acids is 1. The topological polar surface area (TPSA) is 99.8 Å². The summed E-state index contributed by atoms with van der Waals surface area (Å²) in [7, 11) is 1.78. The highest BCUT2D eigenvalue weighted by Gasteiger charge is 2.29. The number of nitrogens with zero attached hydrogens (tertiary/aromatic N) is 3. The Hall–Kier alpha value is -2.22. The Morgan fingerprint density at radius 3 is 2.64 bits per heavy atom. The number of halogens is 1. The SMILES string of the molecule is Cn1ncnc1-c1c(Cl)sc(C(N)=O)c1[C@@H](CN)Cc1ccccc1. The van der Waals surface area contributed by atoms with Crippen LogP contribution in [0.2, 0.25) is 4.34 Å². The van der Waals surface area contributed by atoms with E-state index in [-0.39, 0.29) is 5.92 Å². The molecule has 0 aliphatic heterocycles. The van der Waals surface area contributed by atoms with Crippen LogP contribution in [0.25, 0.3) is 11.4 Å². The van der Waals surface area contributed by atoms with E-state index in [0.717, 1.165) is 22.5 Å². The Kier molecular flexibility index (Phi) is 5.17. The van der Waals surface area contributed by atoms with Gasteiger partial charge in [-0.1, -0.05) is 41.9 Å². The molecular formula is C17H18ClN5OS. The molecule has 0 radical (unpaired) electrons. The second kappa shape index (κ2) is 7.35. The first-order chi connectivity index (χ1) is 12.0. The number of hydrogen-bond acceptors (Lipinski definition) is 5. The Morgan fingerprint density at radius 2 is 2.08 bits per heavy atom. The summed E-state index contributed by atoms with van der Waals surface area (Å²) in [4.78, 5) is 16.7. The maximum Gasteiger partial charge on any atom is 0.259 e. The number of nitrogens with two attached hydrogens (primary N) is 2. The number of primary amides is 1. The average molecular weight is 376 g/mol. The molecule has 25 heavy (non-hydrogen) atoms. The van der Waals surface area contributed by atoms with E-state index in [1.807, 2.05) is 30.3 Å². The van der Waals surface area contributed by atoms with Crippen molar-refractivity contribution < 1.29 is 4.79 Å². The van der Waals surface area contributed by atoms with Crippen molar-refractivity contribution in [3.63, 3.8) is 0 Å². The van der Waals surface area contributed by atoms with Crippen molar-refractivity contribution in [1.82, 2.24) is 14.8 Å². The quantitative estimate of drug-likeness (QED) is 0.691. The lowest BCUT2D eigenvalue weighted by molar-refractivity contribution is 0.100. The van der Waals surface area contributed by atoms with Crippen LogP contribution >= 0.6 is 22.9 Å². The zero-order valence-electron chi connectivity index (χ0n) is 13.6. The molecule has 1 atom stereocenters. The third kappa shape index (κ3) is 3.44. The van der Waals surface area contributed by atoms with Gasteiger partial charge in [0.05, 0.1) is 10.4 Å². The van der Waals surface area contributed by atoms with Crippen LogP contribution in [-0.4, -0.2) is 27.2 Å². The molecule has 8 heteroatoms. The van der Waals surface area contributed by atoms with Crippen LogP contribution in [0.4, 0.5) is 0 Å². The van der Waals surface area contributed by atoms with Crippen molar-refractivity contribution in [1.29, 1.82) is 0 Å². The van der Waals surface area contributed by atoms with Crippen LogP contribution in [0.3, 0.4) is 0 Å². The summed E-state index contributed by atoms with van der Waals surface area (Å²) in [6.45, 7) is 0.354. The lowest BCUT2D eigenvalue weighted by Gasteiger charge is -2.17. The Labute approximate surface area is 154 Å². The largest absolute Gasteiger partial charge is 0.365 e. The predicted molar refractivity (Wildman–Crippen MR) is 99.8 cm³/mol. The summed E-state index contributed by atoms with van der Waals surface area (Å²) < 4.78 is 2.09. The van der Waals surface area contributed by atoms with E-state index < -0.39 is 5.91 Å². The Morgan fingerprint density at radius 1 is 1.36 bits per heavy atom. The minimum Gasteiger partial charge on any atom is -0.365 e. The van der Waals surface area contributed by atoms with E-state index in [4.69, 9.17) is 23.1 Å². The molecule has 2 aromatic heterocycles. The third-order valence-corrected chi connectivity index (χ3v) is 5.51. The molecule has 0 spiro atoms. The lowest BCUT2D eigenvalue weighted by atomic mass is 9.89. The first-order valence-corrected chi connectivity index (χ1v) is 8.92. The predicted octanol–water partition coefficient (Wildman–Crippen LogP) is 2.58. The van der Waals surface area contributed by atoms with Crippen LogP contribution in [0, 0.1) is 0 Å². The van der Waals surface area contributed by atoms with Gasteiger partial charge in [-0.05, 0) is 24.1 Å². The van der Waals surface area contributed by atoms with Gasteiger partial charge in [0.1, 0.15) is 10.7 Å². The second-order valence-corrected chi connectivity index (χ2v) is 7.31. The van der Waals surface area contributed by atoms with E-state index in [9.17, 15) is 4.79 Å². The van der Waals surface area contributed by atoms with Crippen LogP contribution < -0.4 is 11.5 Å². The molecule has 0 aliphatic carbocycles. The smallest absolute Gasteiger partial charge is 0.259 e. The summed E-state index contributed by atoms with van der Waals surface area (Å²) >= 11 is 7.61. The second-order valence-electron chi connectivity index (χ2n) is 5.69. The molecule has 3 aromatic rings. The maximum atomic E-state index is 12.0. The van der Waals surface area contributed by atoms with Crippen molar-refractivity contribution in [2.24, 2.45) is 18.5 Å². The first-order valence-electron chi connectivity index (χ1n) is 7.73. The maximum absolute atomic E-state index is 12.0. The minimum absolute atomic E-state index is 0.111. The summed E-state index contributed by atoms with van der Waals surface area (Å²) in [5, 5.41) is 4.10. The van der Waals surface area contributed by atoms with Crippen LogP contribution in [0.5, 0.6) is 0 Å².